The Morgan fingerprint density at radius 3 is 2.67 bits per heavy atom. The fourth-order valence-electron chi connectivity index (χ4n) is 1.15. The van der Waals surface area contributed by atoms with Crippen molar-refractivity contribution in [1.82, 2.24) is 0 Å². The molecule has 3 nitrogen and oxygen atoms in total. The van der Waals surface area contributed by atoms with Gasteiger partial charge in [-0.2, -0.15) is 0 Å². The van der Waals surface area contributed by atoms with Crippen molar-refractivity contribution in [3.8, 4) is 5.75 Å². The van der Waals surface area contributed by atoms with Gasteiger partial charge in [0, 0.05) is 17.1 Å². The average molecular weight is 338 g/mol. The maximum Gasteiger partial charge on any atom is 0.135 e. The van der Waals surface area contributed by atoms with Gasteiger partial charge in [-0.15, -0.1) is 0 Å². The van der Waals surface area contributed by atoms with Crippen LogP contribution in [0.1, 0.15) is 6.42 Å². The van der Waals surface area contributed by atoms with Gasteiger partial charge in [0.2, 0.25) is 0 Å². The first kappa shape index (κ1) is 12.8. The molecule has 0 aromatic heterocycles. The van der Waals surface area contributed by atoms with Crippen LogP contribution in [-0.2, 0) is 0 Å². The molecule has 84 valence electrons. The van der Waals surface area contributed by atoms with E-state index < -0.39 is 0 Å². The Hall–Kier alpha value is -0.260. The van der Waals surface area contributed by atoms with E-state index in [1.165, 1.54) is 0 Å². The van der Waals surface area contributed by atoms with E-state index in [2.05, 4.69) is 37.2 Å². The molecule has 5 heteroatoms. The van der Waals surface area contributed by atoms with Crippen molar-refractivity contribution in [1.29, 1.82) is 0 Å². The van der Waals surface area contributed by atoms with Crippen LogP contribution in [-0.4, -0.2) is 20.2 Å². The molecule has 1 aromatic rings. The molecule has 15 heavy (non-hydrogen) atoms. The van der Waals surface area contributed by atoms with Crippen molar-refractivity contribution in [2.75, 3.05) is 25.5 Å². The highest BCUT2D eigenvalue weighted by molar-refractivity contribution is 9.11. The Bertz CT molecular complexity index is 331. The number of benzene rings is 1. The third-order valence-electron chi connectivity index (χ3n) is 1.94. The van der Waals surface area contributed by atoms with E-state index in [1.807, 2.05) is 12.1 Å². The molecule has 0 aliphatic rings. The number of rotatable bonds is 5. The van der Waals surface area contributed by atoms with Crippen LogP contribution in [0.5, 0.6) is 5.75 Å². The van der Waals surface area contributed by atoms with E-state index in [4.69, 9.17) is 10.5 Å². The largest absolute Gasteiger partial charge is 0.495 e. The van der Waals surface area contributed by atoms with Crippen LogP contribution in [0.2, 0.25) is 0 Å². The van der Waals surface area contributed by atoms with Gasteiger partial charge in [-0.05, 0) is 50.9 Å². The lowest BCUT2D eigenvalue weighted by atomic mass is 10.3. The lowest BCUT2D eigenvalue weighted by Crippen LogP contribution is -2.08. The quantitative estimate of drug-likeness (QED) is 0.812. The van der Waals surface area contributed by atoms with Crippen LogP contribution < -0.4 is 15.8 Å². The highest BCUT2D eigenvalue weighted by atomic mass is 79.9. The average Bonchev–Trinajstić information content (AvgIpc) is 2.21. The lowest BCUT2D eigenvalue weighted by Gasteiger charge is -2.11. The van der Waals surface area contributed by atoms with Crippen LogP contribution in [0.4, 0.5) is 5.69 Å². The Morgan fingerprint density at radius 1 is 1.33 bits per heavy atom. The van der Waals surface area contributed by atoms with Crippen LogP contribution in [0.3, 0.4) is 0 Å². The fourth-order valence-corrected chi connectivity index (χ4v) is 2.44. The first-order valence-corrected chi connectivity index (χ1v) is 6.24. The lowest BCUT2D eigenvalue weighted by molar-refractivity contribution is 0.412. The van der Waals surface area contributed by atoms with Gasteiger partial charge in [-0.1, -0.05) is 0 Å². The minimum absolute atomic E-state index is 0.693. The molecule has 3 N–H and O–H groups in total. The van der Waals surface area contributed by atoms with Crippen LogP contribution in [0.15, 0.2) is 21.1 Å². The van der Waals surface area contributed by atoms with Gasteiger partial charge in [-0.25, -0.2) is 0 Å². The number of halogens is 2. The van der Waals surface area contributed by atoms with Crippen molar-refractivity contribution in [2.45, 2.75) is 6.42 Å². The predicted octanol–water partition coefficient (Wildman–Crippen LogP) is 2.98. The van der Waals surface area contributed by atoms with E-state index >= 15 is 0 Å². The molecule has 0 radical (unpaired) electrons. The Kier molecular flexibility index (Phi) is 5.42. The van der Waals surface area contributed by atoms with Crippen molar-refractivity contribution >= 4 is 37.5 Å². The van der Waals surface area contributed by atoms with E-state index in [0.29, 0.717) is 6.54 Å². The number of anilines is 1. The predicted molar refractivity (Wildman–Crippen MR) is 70.6 cm³/mol. The van der Waals surface area contributed by atoms with E-state index in [0.717, 1.165) is 33.3 Å². The molecule has 0 saturated carbocycles. The van der Waals surface area contributed by atoms with Gasteiger partial charge in [0.1, 0.15) is 5.75 Å². The zero-order chi connectivity index (χ0) is 11.3. The summed E-state index contributed by atoms with van der Waals surface area (Å²) in [6.45, 7) is 1.55. The molecule has 0 fully saturated rings. The molecular formula is C10H14Br2N2O. The minimum Gasteiger partial charge on any atom is -0.495 e. The highest BCUT2D eigenvalue weighted by Gasteiger charge is 2.06. The van der Waals surface area contributed by atoms with E-state index in [1.54, 1.807) is 7.11 Å². The number of hydrogen-bond donors (Lipinski definition) is 2. The monoisotopic (exact) mass is 336 g/mol. The zero-order valence-corrected chi connectivity index (χ0v) is 11.7. The summed E-state index contributed by atoms with van der Waals surface area (Å²) in [5.41, 5.74) is 6.44. The number of nitrogens with two attached hydrogens (primary N) is 1. The van der Waals surface area contributed by atoms with Crippen LogP contribution >= 0.6 is 31.9 Å². The number of hydrogen-bond acceptors (Lipinski definition) is 3. The third-order valence-corrected chi connectivity index (χ3v) is 3.21. The molecule has 0 atom stereocenters. The summed E-state index contributed by atoms with van der Waals surface area (Å²) in [5, 5.41) is 3.29. The van der Waals surface area contributed by atoms with E-state index in [-0.39, 0.29) is 0 Å². The molecule has 1 rings (SSSR count). The second-order valence-electron chi connectivity index (χ2n) is 3.04. The van der Waals surface area contributed by atoms with Gasteiger partial charge < -0.3 is 15.8 Å². The highest BCUT2D eigenvalue weighted by Crippen LogP contribution is 2.34. The van der Waals surface area contributed by atoms with Gasteiger partial charge in [0.05, 0.1) is 17.3 Å². The molecule has 0 bridgehead atoms. The molecular weight excluding hydrogens is 324 g/mol. The minimum atomic E-state index is 0.693. The van der Waals surface area contributed by atoms with Gasteiger partial charge in [0.15, 0.2) is 0 Å². The number of methoxy groups -OCH3 is 1. The summed E-state index contributed by atoms with van der Waals surface area (Å²) in [6, 6.07) is 3.91. The standard InChI is InChI=1S/C10H14Br2N2O/c1-15-10-6-9(14-4-2-3-13)7(11)5-8(10)12/h5-6,14H,2-4,13H2,1H3. The molecule has 0 saturated heterocycles. The van der Waals surface area contributed by atoms with E-state index in [9.17, 15) is 0 Å². The molecule has 0 aliphatic heterocycles. The second-order valence-corrected chi connectivity index (χ2v) is 4.74. The Labute approximate surface area is 107 Å². The third kappa shape index (κ3) is 3.66. The summed E-state index contributed by atoms with van der Waals surface area (Å²) >= 11 is 6.90. The van der Waals surface area contributed by atoms with Gasteiger partial charge >= 0.3 is 0 Å². The summed E-state index contributed by atoms with van der Waals surface area (Å²) in [6.07, 6.45) is 0.949. The molecule has 0 spiro atoms. The first-order valence-electron chi connectivity index (χ1n) is 4.66. The van der Waals surface area contributed by atoms with Crippen molar-refractivity contribution in [2.24, 2.45) is 5.73 Å². The summed E-state index contributed by atoms with van der Waals surface area (Å²) < 4.78 is 7.15. The smallest absolute Gasteiger partial charge is 0.135 e. The molecule has 0 unspecified atom stereocenters. The SMILES string of the molecule is COc1cc(NCCCN)c(Br)cc1Br. The molecule has 0 heterocycles. The van der Waals surface area contributed by atoms with Crippen LogP contribution in [0.25, 0.3) is 0 Å². The van der Waals surface area contributed by atoms with Crippen molar-refractivity contribution in [3.05, 3.63) is 21.1 Å². The summed E-state index contributed by atoms with van der Waals surface area (Å²) in [7, 11) is 1.65. The topological polar surface area (TPSA) is 47.3 Å². The normalized spacial score (nSPS) is 10.1. The number of nitrogens with one attached hydrogen (secondary N) is 1. The maximum atomic E-state index is 5.43. The Morgan fingerprint density at radius 2 is 2.07 bits per heavy atom. The molecule has 0 aliphatic carbocycles. The fraction of sp³-hybridized carbons (Fsp3) is 0.400. The van der Waals surface area contributed by atoms with Crippen molar-refractivity contribution in [3.63, 3.8) is 0 Å². The zero-order valence-electron chi connectivity index (χ0n) is 8.52. The molecule has 1 aromatic carbocycles. The molecule has 0 amide bonds. The maximum absolute atomic E-state index is 5.43. The summed E-state index contributed by atoms with van der Waals surface area (Å²) in [5.74, 6) is 0.813. The Balaban J connectivity index is 2.78. The van der Waals surface area contributed by atoms with Gasteiger partial charge in [-0.3, -0.25) is 0 Å². The second kappa shape index (κ2) is 6.35. The number of ether oxygens (including phenoxy) is 1. The first-order chi connectivity index (χ1) is 7.19. The summed E-state index contributed by atoms with van der Waals surface area (Å²) in [4.78, 5) is 0. The van der Waals surface area contributed by atoms with Crippen molar-refractivity contribution < 1.29 is 4.74 Å². The van der Waals surface area contributed by atoms with Crippen LogP contribution in [0, 0.1) is 0 Å². The van der Waals surface area contributed by atoms with Gasteiger partial charge in [0.25, 0.3) is 0 Å².